The van der Waals surface area contributed by atoms with E-state index in [2.05, 4.69) is 9.97 Å². The number of hydrogen-bond acceptors (Lipinski definition) is 9. The second-order valence-corrected chi connectivity index (χ2v) is 13.2. The molecule has 3 fully saturated rings. The first kappa shape index (κ1) is 26.9. The monoisotopic (exact) mass is 525 g/mol. The maximum atomic E-state index is 12.7. The highest BCUT2D eigenvalue weighted by Gasteiger charge is 2.43. The van der Waals surface area contributed by atoms with Crippen LogP contribution in [0.2, 0.25) is 0 Å². The number of aliphatic hydroxyl groups is 1. The number of carbonyl (C=O) groups is 1. The van der Waals surface area contributed by atoms with Crippen LogP contribution in [0.15, 0.2) is 12.4 Å². The van der Waals surface area contributed by atoms with Gasteiger partial charge in [0, 0.05) is 51.3 Å². The van der Waals surface area contributed by atoms with E-state index in [1.807, 2.05) is 11.8 Å². The zero-order valence-corrected chi connectivity index (χ0v) is 22.4. The summed E-state index contributed by atoms with van der Waals surface area (Å²) >= 11 is 0. The number of sulfonamides is 1. The van der Waals surface area contributed by atoms with Crippen molar-refractivity contribution < 1.29 is 27.8 Å². The summed E-state index contributed by atoms with van der Waals surface area (Å²) in [7, 11) is -3.44. The first-order valence-corrected chi connectivity index (χ1v) is 14.4. The lowest BCUT2D eigenvalue weighted by atomic mass is 9.98. The van der Waals surface area contributed by atoms with Gasteiger partial charge in [-0.15, -0.1) is 0 Å². The van der Waals surface area contributed by atoms with Crippen LogP contribution in [0, 0.1) is 11.3 Å². The van der Waals surface area contributed by atoms with Crippen molar-refractivity contribution in [2.75, 3.05) is 63.1 Å². The summed E-state index contributed by atoms with van der Waals surface area (Å²) in [6.45, 7) is 8.94. The smallest absolute Gasteiger partial charge is 0.410 e. The zero-order chi connectivity index (χ0) is 26.0. The Labute approximate surface area is 213 Å². The van der Waals surface area contributed by atoms with Crippen molar-refractivity contribution in [2.24, 2.45) is 11.3 Å². The van der Waals surface area contributed by atoms with Crippen LogP contribution in [0.5, 0.6) is 5.88 Å². The molecule has 0 aromatic carbocycles. The molecule has 1 amide bonds. The van der Waals surface area contributed by atoms with Crippen LogP contribution < -0.4 is 9.64 Å². The molecule has 1 N–H and O–H groups in total. The standard InChI is InChI=1S/C24H39N5O6S/c1-23(2,17-30)18-36(32,33)29-12-10-27(11-13-29)20-14-26-21(15-25-20)34-16-19-4-8-28(9-5-19)22(31)35-24(3)6-7-24/h14-15,19,30H,4-13,16-18H2,1-3H3. The van der Waals surface area contributed by atoms with E-state index in [-0.39, 0.29) is 24.1 Å². The summed E-state index contributed by atoms with van der Waals surface area (Å²) in [6, 6.07) is 0. The molecule has 36 heavy (non-hydrogen) atoms. The molecular weight excluding hydrogens is 486 g/mol. The Morgan fingerprint density at radius 3 is 2.33 bits per heavy atom. The number of anilines is 1. The molecule has 0 radical (unpaired) electrons. The number of piperazine rings is 1. The Balaban J connectivity index is 1.18. The first-order chi connectivity index (χ1) is 17.0. The van der Waals surface area contributed by atoms with Gasteiger partial charge in [-0.25, -0.2) is 23.2 Å². The molecule has 0 atom stereocenters. The van der Waals surface area contributed by atoms with Gasteiger partial charge < -0.3 is 24.4 Å². The van der Waals surface area contributed by atoms with Crippen LogP contribution >= 0.6 is 0 Å². The van der Waals surface area contributed by atoms with E-state index in [0.717, 1.165) is 25.7 Å². The van der Waals surface area contributed by atoms with E-state index in [1.54, 1.807) is 31.1 Å². The second kappa shape index (κ2) is 10.7. The average molecular weight is 526 g/mol. The van der Waals surface area contributed by atoms with Crippen LogP contribution in [0.1, 0.15) is 46.5 Å². The van der Waals surface area contributed by atoms with E-state index in [4.69, 9.17) is 9.47 Å². The topological polar surface area (TPSA) is 125 Å². The lowest BCUT2D eigenvalue weighted by Gasteiger charge is -2.36. The van der Waals surface area contributed by atoms with E-state index >= 15 is 0 Å². The third-order valence-electron chi connectivity index (χ3n) is 7.20. The number of amides is 1. The quantitative estimate of drug-likeness (QED) is 0.513. The van der Waals surface area contributed by atoms with Gasteiger partial charge in [0.25, 0.3) is 0 Å². The first-order valence-electron chi connectivity index (χ1n) is 12.8. The highest BCUT2D eigenvalue weighted by Crippen LogP contribution is 2.39. The summed E-state index contributed by atoms with van der Waals surface area (Å²) in [6.07, 6.45) is 6.68. The zero-order valence-electron chi connectivity index (χ0n) is 21.6. The van der Waals surface area contributed by atoms with Crippen molar-refractivity contribution in [1.82, 2.24) is 19.2 Å². The van der Waals surface area contributed by atoms with E-state index in [0.29, 0.717) is 63.5 Å². The molecule has 2 saturated heterocycles. The maximum absolute atomic E-state index is 12.7. The number of likely N-dealkylation sites (tertiary alicyclic amines) is 1. The summed E-state index contributed by atoms with van der Waals surface area (Å²) in [5, 5.41) is 9.41. The predicted molar refractivity (Wildman–Crippen MR) is 134 cm³/mol. The lowest BCUT2D eigenvalue weighted by molar-refractivity contribution is 0.0454. The molecule has 202 valence electrons. The number of piperidine rings is 1. The summed E-state index contributed by atoms with van der Waals surface area (Å²) < 4.78 is 38.3. The van der Waals surface area contributed by atoms with Gasteiger partial charge in [-0.1, -0.05) is 13.8 Å². The Morgan fingerprint density at radius 2 is 1.78 bits per heavy atom. The van der Waals surface area contributed by atoms with Crippen LogP contribution in [-0.2, 0) is 14.8 Å². The van der Waals surface area contributed by atoms with E-state index < -0.39 is 15.4 Å². The molecule has 1 aliphatic carbocycles. The fourth-order valence-electron chi connectivity index (χ4n) is 4.41. The lowest BCUT2D eigenvalue weighted by Crippen LogP contribution is -2.51. The highest BCUT2D eigenvalue weighted by molar-refractivity contribution is 7.89. The Hall–Kier alpha value is -2.18. The van der Waals surface area contributed by atoms with Crippen molar-refractivity contribution in [3.05, 3.63) is 12.4 Å². The van der Waals surface area contributed by atoms with Gasteiger partial charge in [0.2, 0.25) is 15.9 Å². The minimum atomic E-state index is -3.44. The number of aromatic nitrogens is 2. The van der Waals surface area contributed by atoms with Crippen LogP contribution in [-0.4, -0.2) is 103 Å². The molecule has 3 aliphatic rings. The Morgan fingerprint density at radius 1 is 1.11 bits per heavy atom. The number of carbonyl (C=O) groups excluding carboxylic acids is 1. The van der Waals surface area contributed by atoms with Gasteiger partial charge in [0.05, 0.1) is 24.8 Å². The van der Waals surface area contributed by atoms with Crippen LogP contribution in [0.3, 0.4) is 0 Å². The van der Waals surface area contributed by atoms with Crippen molar-refractivity contribution in [3.8, 4) is 5.88 Å². The van der Waals surface area contributed by atoms with Crippen molar-refractivity contribution >= 4 is 21.9 Å². The van der Waals surface area contributed by atoms with Crippen molar-refractivity contribution in [1.29, 1.82) is 0 Å². The largest absolute Gasteiger partial charge is 0.476 e. The molecule has 4 rings (SSSR count). The summed E-state index contributed by atoms with van der Waals surface area (Å²) in [5.41, 5.74) is -0.917. The number of ether oxygens (including phenoxy) is 2. The van der Waals surface area contributed by atoms with E-state index in [9.17, 15) is 18.3 Å². The normalized spacial score (nSPS) is 21.3. The van der Waals surface area contributed by atoms with Gasteiger partial charge in [0.1, 0.15) is 11.4 Å². The Kier molecular flexibility index (Phi) is 7.96. The summed E-state index contributed by atoms with van der Waals surface area (Å²) in [5.74, 6) is 1.41. The maximum Gasteiger partial charge on any atom is 0.410 e. The van der Waals surface area contributed by atoms with Gasteiger partial charge in [-0.3, -0.25) is 0 Å². The fraction of sp³-hybridized carbons (Fsp3) is 0.792. The van der Waals surface area contributed by atoms with Gasteiger partial charge >= 0.3 is 6.09 Å². The van der Waals surface area contributed by atoms with Gasteiger partial charge in [-0.2, -0.15) is 4.31 Å². The van der Waals surface area contributed by atoms with Gasteiger partial charge in [-0.05, 0) is 38.5 Å². The number of rotatable bonds is 9. The minimum Gasteiger partial charge on any atom is -0.476 e. The SMILES string of the molecule is CC(C)(CO)CS(=O)(=O)N1CCN(c2cnc(OCC3CCN(C(=O)OC4(C)CC4)CC3)cn2)CC1. The molecule has 11 nitrogen and oxygen atoms in total. The second-order valence-electron chi connectivity index (χ2n) is 11.2. The highest BCUT2D eigenvalue weighted by atomic mass is 32.2. The molecule has 1 aromatic rings. The fourth-order valence-corrected chi connectivity index (χ4v) is 6.39. The average Bonchev–Trinajstić information content (AvgIpc) is 3.59. The minimum absolute atomic E-state index is 0.0785. The van der Waals surface area contributed by atoms with Crippen molar-refractivity contribution in [2.45, 2.75) is 52.1 Å². The molecule has 2 aliphatic heterocycles. The molecule has 1 aromatic heterocycles. The molecule has 0 bridgehead atoms. The predicted octanol–water partition coefficient (Wildman–Crippen LogP) is 1.73. The van der Waals surface area contributed by atoms with Crippen LogP contribution in [0.25, 0.3) is 0 Å². The Bertz CT molecular complexity index is 998. The number of hydrogen-bond donors (Lipinski definition) is 1. The molecular formula is C24H39N5O6S. The third kappa shape index (κ3) is 6.98. The molecule has 1 saturated carbocycles. The molecule has 0 spiro atoms. The van der Waals surface area contributed by atoms with Gasteiger partial charge in [0.15, 0.2) is 0 Å². The molecule has 12 heteroatoms. The third-order valence-corrected chi connectivity index (χ3v) is 9.50. The van der Waals surface area contributed by atoms with Crippen LogP contribution in [0.4, 0.5) is 10.6 Å². The molecule has 0 unspecified atom stereocenters. The van der Waals surface area contributed by atoms with E-state index in [1.165, 1.54) is 4.31 Å². The van der Waals surface area contributed by atoms with Crippen molar-refractivity contribution in [3.63, 3.8) is 0 Å². The molecule has 3 heterocycles. The number of nitrogens with zero attached hydrogens (tertiary/aromatic N) is 5. The number of aliphatic hydroxyl groups excluding tert-OH is 1. The summed E-state index contributed by atoms with van der Waals surface area (Å²) in [4.78, 5) is 24.9.